The number of halogens is 1. The number of rotatable bonds is 3. The molecule has 1 atom stereocenters. The Balaban J connectivity index is 2.04. The zero-order valence-corrected chi connectivity index (χ0v) is 13.7. The van der Waals surface area contributed by atoms with Crippen LogP contribution in [-0.4, -0.2) is 41.4 Å². The molecule has 2 aromatic carbocycles. The number of nitrogens with zero attached hydrogens (tertiary/aromatic N) is 1. The normalized spacial score (nSPS) is 20.9. The molecule has 8 heteroatoms. The van der Waals surface area contributed by atoms with Gasteiger partial charge in [0, 0.05) is 22.2 Å². The second-order valence-electron chi connectivity index (χ2n) is 5.79. The molecule has 0 aliphatic carbocycles. The largest absolute Gasteiger partial charge is 0.507 e. The summed E-state index contributed by atoms with van der Waals surface area (Å²) in [5.74, 6) is -0.130. The van der Waals surface area contributed by atoms with Gasteiger partial charge in [0.15, 0.2) is 11.5 Å². The molecule has 0 spiro atoms. The highest BCUT2D eigenvalue weighted by Crippen LogP contribution is 2.53. The number of hydrogen-bond donors (Lipinski definition) is 3. The molecule has 2 aromatic rings. The lowest BCUT2D eigenvalue weighted by molar-refractivity contribution is -0.123. The van der Waals surface area contributed by atoms with E-state index in [1.165, 1.54) is 12.1 Å². The molecule has 0 saturated carbocycles. The highest BCUT2D eigenvalue weighted by atomic mass is 35.5. The van der Waals surface area contributed by atoms with Gasteiger partial charge in [-0.15, -0.1) is 0 Å². The SMILES string of the molecule is O=C1N(CO)c2cccc(Cl)c2C1(CO)c1cc2c(cc1O)OCO2. The number of amides is 1. The molecule has 2 aliphatic heterocycles. The number of anilines is 1. The minimum Gasteiger partial charge on any atom is -0.507 e. The monoisotopic (exact) mass is 363 g/mol. The molecule has 1 unspecified atom stereocenters. The summed E-state index contributed by atoms with van der Waals surface area (Å²) in [7, 11) is 0. The Morgan fingerprint density at radius 3 is 2.60 bits per heavy atom. The summed E-state index contributed by atoms with van der Waals surface area (Å²) in [6.07, 6.45) is 0. The van der Waals surface area contributed by atoms with Crippen LogP contribution in [0.5, 0.6) is 17.2 Å². The van der Waals surface area contributed by atoms with Gasteiger partial charge in [-0.1, -0.05) is 17.7 Å². The average molecular weight is 364 g/mol. The molecule has 0 aromatic heterocycles. The highest BCUT2D eigenvalue weighted by molar-refractivity contribution is 6.33. The minimum atomic E-state index is -1.65. The molecule has 0 saturated heterocycles. The number of fused-ring (bicyclic) bond motifs is 2. The Morgan fingerprint density at radius 1 is 1.20 bits per heavy atom. The molecule has 0 bridgehead atoms. The standard InChI is InChI=1S/C17H14ClNO6/c18-10-2-1-3-11-15(10)17(6-20,16(23)19(11)7-21)9-4-13-14(5-12(9)22)25-8-24-13/h1-5,20-22H,6-8H2. The van der Waals surface area contributed by atoms with Crippen LogP contribution in [0, 0.1) is 0 Å². The molecule has 0 radical (unpaired) electrons. The summed E-state index contributed by atoms with van der Waals surface area (Å²) >= 11 is 6.33. The van der Waals surface area contributed by atoms with Gasteiger partial charge < -0.3 is 24.8 Å². The number of carbonyl (C=O) groups excluding carboxylic acids is 1. The summed E-state index contributed by atoms with van der Waals surface area (Å²) in [5, 5.41) is 30.6. The minimum absolute atomic E-state index is 0.00158. The Bertz CT molecular complexity index is 886. The van der Waals surface area contributed by atoms with E-state index in [1.54, 1.807) is 18.2 Å². The maximum Gasteiger partial charge on any atom is 0.246 e. The Kier molecular flexibility index (Phi) is 3.54. The van der Waals surface area contributed by atoms with E-state index < -0.39 is 24.7 Å². The van der Waals surface area contributed by atoms with Gasteiger partial charge in [-0.05, 0) is 18.2 Å². The number of benzene rings is 2. The summed E-state index contributed by atoms with van der Waals surface area (Å²) in [6.45, 7) is -1.23. The van der Waals surface area contributed by atoms with Crippen LogP contribution >= 0.6 is 11.6 Å². The maximum absolute atomic E-state index is 13.1. The van der Waals surface area contributed by atoms with Crippen molar-refractivity contribution in [2.75, 3.05) is 25.0 Å². The zero-order chi connectivity index (χ0) is 17.8. The molecule has 130 valence electrons. The summed E-state index contributed by atoms with van der Waals surface area (Å²) in [6, 6.07) is 7.64. The molecule has 25 heavy (non-hydrogen) atoms. The Morgan fingerprint density at radius 2 is 1.92 bits per heavy atom. The third kappa shape index (κ3) is 1.97. The number of aromatic hydroxyl groups is 1. The fraction of sp³-hybridized carbons (Fsp3) is 0.235. The summed E-state index contributed by atoms with van der Waals surface area (Å²) in [5.41, 5.74) is -0.811. The van der Waals surface area contributed by atoms with Crippen molar-refractivity contribution in [3.8, 4) is 17.2 Å². The van der Waals surface area contributed by atoms with Crippen molar-refractivity contribution >= 4 is 23.2 Å². The van der Waals surface area contributed by atoms with E-state index in [2.05, 4.69) is 0 Å². The molecule has 7 nitrogen and oxygen atoms in total. The summed E-state index contributed by atoms with van der Waals surface area (Å²) < 4.78 is 10.5. The third-order valence-electron chi connectivity index (χ3n) is 4.65. The van der Waals surface area contributed by atoms with E-state index in [9.17, 15) is 20.1 Å². The van der Waals surface area contributed by atoms with Gasteiger partial charge in [-0.3, -0.25) is 9.69 Å². The van der Waals surface area contributed by atoms with Crippen LogP contribution < -0.4 is 14.4 Å². The van der Waals surface area contributed by atoms with Gasteiger partial charge in [0.2, 0.25) is 12.7 Å². The first-order valence-corrected chi connectivity index (χ1v) is 7.88. The lowest BCUT2D eigenvalue weighted by atomic mass is 9.75. The number of carbonyl (C=O) groups is 1. The van der Waals surface area contributed by atoms with E-state index in [1.807, 2.05) is 0 Å². The second-order valence-corrected chi connectivity index (χ2v) is 6.20. The van der Waals surface area contributed by atoms with E-state index in [0.717, 1.165) is 4.90 Å². The first-order chi connectivity index (χ1) is 12.0. The van der Waals surface area contributed by atoms with Gasteiger partial charge in [0.1, 0.15) is 17.9 Å². The molecule has 0 fully saturated rings. The van der Waals surface area contributed by atoms with E-state index >= 15 is 0 Å². The van der Waals surface area contributed by atoms with Crippen LogP contribution in [0.2, 0.25) is 5.02 Å². The van der Waals surface area contributed by atoms with Crippen LogP contribution in [0.25, 0.3) is 0 Å². The number of phenols is 1. The van der Waals surface area contributed by atoms with Crippen LogP contribution in [0.15, 0.2) is 30.3 Å². The molecule has 1 amide bonds. The average Bonchev–Trinajstić information content (AvgIpc) is 3.14. The number of hydrogen-bond acceptors (Lipinski definition) is 6. The number of aliphatic hydroxyl groups excluding tert-OH is 2. The third-order valence-corrected chi connectivity index (χ3v) is 4.96. The van der Waals surface area contributed by atoms with Gasteiger partial charge >= 0.3 is 0 Å². The van der Waals surface area contributed by atoms with Gasteiger partial charge in [-0.2, -0.15) is 0 Å². The number of aliphatic hydroxyl groups is 2. The van der Waals surface area contributed by atoms with Crippen molar-refractivity contribution in [1.29, 1.82) is 0 Å². The van der Waals surface area contributed by atoms with Crippen molar-refractivity contribution < 1.29 is 29.6 Å². The quantitative estimate of drug-likeness (QED) is 0.761. The van der Waals surface area contributed by atoms with Gasteiger partial charge in [0.05, 0.1) is 12.3 Å². The summed E-state index contributed by atoms with van der Waals surface area (Å²) in [4.78, 5) is 14.2. The molecule has 2 aliphatic rings. The van der Waals surface area contributed by atoms with Gasteiger partial charge in [-0.25, -0.2) is 0 Å². The smallest absolute Gasteiger partial charge is 0.246 e. The van der Waals surface area contributed by atoms with Crippen LogP contribution in [0.3, 0.4) is 0 Å². The first kappa shape index (κ1) is 16.0. The van der Waals surface area contributed by atoms with Crippen molar-refractivity contribution in [2.45, 2.75) is 5.41 Å². The number of phenolic OH excluding ortho intramolecular Hbond substituents is 1. The molecule has 2 heterocycles. The molecular formula is C17H14ClNO6. The molecular weight excluding hydrogens is 350 g/mol. The fourth-order valence-electron chi connectivity index (χ4n) is 3.50. The lowest BCUT2D eigenvalue weighted by Crippen LogP contribution is -2.44. The van der Waals surface area contributed by atoms with E-state index in [4.69, 9.17) is 21.1 Å². The predicted octanol–water partition coefficient (Wildman–Crippen LogP) is 1.35. The van der Waals surface area contributed by atoms with Gasteiger partial charge in [0.25, 0.3) is 0 Å². The Labute approximate surface area is 147 Å². The lowest BCUT2D eigenvalue weighted by Gasteiger charge is -2.28. The molecule has 4 rings (SSSR count). The fourth-order valence-corrected chi connectivity index (χ4v) is 3.83. The maximum atomic E-state index is 13.1. The second kappa shape index (κ2) is 5.52. The van der Waals surface area contributed by atoms with Crippen molar-refractivity contribution in [1.82, 2.24) is 0 Å². The van der Waals surface area contributed by atoms with Crippen LogP contribution in [0.4, 0.5) is 5.69 Å². The van der Waals surface area contributed by atoms with Crippen molar-refractivity contribution in [3.05, 3.63) is 46.5 Å². The van der Waals surface area contributed by atoms with E-state index in [-0.39, 0.29) is 23.1 Å². The predicted molar refractivity (Wildman–Crippen MR) is 88.1 cm³/mol. The number of ether oxygens (including phenoxy) is 2. The topological polar surface area (TPSA) is 99.5 Å². The van der Waals surface area contributed by atoms with Crippen LogP contribution in [0.1, 0.15) is 11.1 Å². The highest BCUT2D eigenvalue weighted by Gasteiger charge is 2.54. The molecule has 3 N–H and O–H groups in total. The van der Waals surface area contributed by atoms with Crippen molar-refractivity contribution in [3.63, 3.8) is 0 Å². The zero-order valence-electron chi connectivity index (χ0n) is 12.9. The van der Waals surface area contributed by atoms with E-state index in [0.29, 0.717) is 22.7 Å². The Hall–Kier alpha value is -2.48. The van der Waals surface area contributed by atoms with Crippen molar-refractivity contribution in [2.24, 2.45) is 0 Å². The first-order valence-electron chi connectivity index (χ1n) is 7.50. The van der Waals surface area contributed by atoms with Crippen LogP contribution in [-0.2, 0) is 10.2 Å².